The van der Waals surface area contributed by atoms with Crippen molar-refractivity contribution in [2.75, 3.05) is 27.1 Å². The highest BCUT2D eigenvalue weighted by Crippen LogP contribution is 2.22. The van der Waals surface area contributed by atoms with Gasteiger partial charge in [-0.3, -0.25) is 13.8 Å². The lowest BCUT2D eigenvalue weighted by molar-refractivity contribution is -0.114. The summed E-state index contributed by atoms with van der Waals surface area (Å²) < 4.78 is 79.1. The molecule has 34 heavy (non-hydrogen) atoms. The van der Waals surface area contributed by atoms with Crippen molar-refractivity contribution in [3.05, 3.63) is 83.9 Å². The zero-order valence-electron chi connectivity index (χ0n) is 18.1. The van der Waals surface area contributed by atoms with E-state index in [4.69, 9.17) is 0 Å². The molecule has 3 aromatic rings. The Bertz CT molecular complexity index is 1410. The Kier molecular flexibility index (Phi) is 7.22. The lowest BCUT2D eigenvalue weighted by Crippen LogP contribution is -2.37. The first kappa shape index (κ1) is 25.1. The van der Waals surface area contributed by atoms with Gasteiger partial charge in [-0.2, -0.15) is 0 Å². The molecule has 0 saturated heterocycles. The average Bonchev–Trinajstić information content (AvgIpc) is 2.75. The standard InChI is InChI=1S/C22H21F2N3O5S2/c1-15-3-5-17(6-4-15)26-34(31,32)19-10-7-16(8-11-19)25-22(28)14-27(33(2,29)30)18-9-12-20(23)21(24)13-18/h3-13,26H,14H2,1-2H3,(H,25,28). The van der Waals surface area contributed by atoms with Crippen LogP contribution < -0.4 is 14.3 Å². The number of nitrogens with zero attached hydrogens (tertiary/aromatic N) is 1. The average molecular weight is 510 g/mol. The maximum Gasteiger partial charge on any atom is 0.261 e. The first-order chi connectivity index (χ1) is 15.8. The van der Waals surface area contributed by atoms with Gasteiger partial charge in [-0.1, -0.05) is 17.7 Å². The summed E-state index contributed by atoms with van der Waals surface area (Å²) in [5, 5.41) is 2.45. The molecule has 12 heteroatoms. The van der Waals surface area contributed by atoms with Gasteiger partial charge in [-0.15, -0.1) is 0 Å². The first-order valence-corrected chi connectivity index (χ1v) is 13.1. The molecule has 0 aliphatic rings. The third-order valence-electron chi connectivity index (χ3n) is 4.63. The summed E-state index contributed by atoms with van der Waals surface area (Å²) in [4.78, 5) is 12.4. The highest BCUT2D eigenvalue weighted by Gasteiger charge is 2.22. The molecule has 0 heterocycles. The van der Waals surface area contributed by atoms with Gasteiger partial charge in [-0.05, 0) is 55.5 Å². The van der Waals surface area contributed by atoms with Gasteiger partial charge in [0.1, 0.15) is 6.54 Å². The van der Waals surface area contributed by atoms with E-state index in [1.165, 1.54) is 24.3 Å². The maximum atomic E-state index is 13.6. The second-order valence-electron chi connectivity index (χ2n) is 7.41. The molecule has 0 aliphatic carbocycles. The number of amides is 1. The number of nitrogens with one attached hydrogen (secondary N) is 2. The van der Waals surface area contributed by atoms with E-state index >= 15 is 0 Å². The monoisotopic (exact) mass is 509 g/mol. The van der Waals surface area contributed by atoms with E-state index in [0.717, 1.165) is 24.0 Å². The van der Waals surface area contributed by atoms with E-state index < -0.39 is 44.1 Å². The molecule has 0 unspecified atom stereocenters. The lowest BCUT2D eigenvalue weighted by Gasteiger charge is -2.22. The normalized spacial score (nSPS) is 11.6. The number of halogens is 2. The molecule has 0 aliphatic heterocycles. The number of hydrogen-bond acceptors (Lipinski definition) is 5. The van der Waals surface area contributed by atoms with Crippen LogP contribution in [0.1, 0.15) is 5.56 Å². The van der Waals surface area contributed by atoms with Crippen LogP contribution in [0.2, 0.25) is 0 Å². The van der Waals surface area contributed by atoms with Gasteiger partial charge < -0.3 is 5.32 Å². The van der Waals surface area contributed by atoms with Crippen molar-refractivity contribution in [3.63, 3.8) is 0 Å². The number of benzene rings is 3. The van der Waals surface area contributed by atoms with Crippen molar-refractivity contribution in [3.8, 4) is 0 Å². The fourth-order valence-electron chi connectivity index (χ4n) is 2.92. The Labute approximate surface area is 196 Å². The summed E-state index contributed by atoms with van der Waals surface area (Å²) in [6.45, 7) is 1.16. The zero-order valence-corrected chi connectivity index (χ0v) is 19.8. The summed E-state index contributed by atoms with van der Waals surface area (Å²) >= 11 is 0. The van der Waals surface area contributed by atoms with Crippen LogP contribution in [-0.2, 0) is 24.8 Å². The van der Waals surface area contributed by atoms with Crippen molar-refractivity contribution in [2.45, 2.75) is 11.8 Å². The minimum absolute atomic E-state index is 0.0503. The molecule has 2 N–H and O–H groups in total. The molecule has 180 valence electrons. The van der Waals surface area contributed by atoms with E-state index in [1.807, 2.05) is 6.92 Å². The van der Waals surface area contributed by atoms with Gasteiger partial charge >= 0.3 is 0 Å². The fraction of sp³-hybridized carbons (Fsp3) is 0.136. The number of carbonyl (C=O) groups is 1. The molecule has 0 fully saturated rings. The van der Waals surface area contributed by atoms with Gasteiger partial charge in [-0.25, -0.2) is 25.6 Å². The maximum absolute atomic E-state index is 13.6. The molecule has 1 amide bonds. The third kappa shape index (κ3) is 6.29. The van der Waals surface area contributed by atoms with E-state index in [2.05, 4.69) is 10.0 Å². The molecule has 0 spiro atoms. The molecule has 0 bridgehead atoms. The summed E-state index contributed by atoms with van der Waals surface area (Å²) in [6.07, 6.45) is 0.822. The van der Waals surface area contributed by atoms with E-state index in [0.29, 0.717) is 16.1 Å². The Hall–Kier alpha value is -3.51. The molecule has 3 aromatic carbocycles. The Morgan fingerprint density at radius 1 is 0.853 bits per heavy atom. The van der Waals surface area contributed by atoms with Crippen molar-refractivity contribution in [2.24, 2.45) is 0 Å². The Morgan fingerprint density at radius 2 is 1.44 bits per heavy atom. The van der Waals surface area contributed by atoms with E-state index in [1.54, 1.807) is 24.3 Å². The lowest BCUT2D eigenvalue weighted by atomic mass is 10.2. The fourth-order valence-corrected chi connectivity index (χ4v) is 4.83. The molecule has 0 atom stereocenters. The summed E-state index contributed by atoms with van der Waals surface area (Å²) in [6, 6.07) is 14.5. The Morgan fingerprint density at radius 3 is 2.00 bits per heavy atom. The smallest absolute Gasteiger partial charge is 0.261 e. The molecule has 3 rings (SSSR count). The number of anilines is 3. The zero-order chi connectivity index (χ0) is 25.1. The van der Waals surface area contributed by atoms with Crippen LogP contribution in [0, 0.1) is 18.6 Å². The topological polar surface area (TPSA) is 113 Å². The molecule has 0 radical (unpaired) electrons. The SMILES string of the molecule is Cc1ccc(NS(=O)(=O)c2ccc(NC(=O)CN(c3ccc(F)c(F)c3)S(C)(=O)=O)cc2)cc1. The van der Waals surface area contributed by atoms with E-state index in [-0.39, 0.29) is 16.3 Å². The van der Waals surface area contributed by atoms with Crippen LogP contribution in [0.5, 0.6) is 0 Å². The quantitative estimate of drug-likeness (QED) is 0.483. The predicted octanol–water partition coefficient (Wildman–Crippen LogP) is 3.48. The van der Waals surface area contributed by atoms with Gasteiger partial charge in [0, 0.05) is 17.4 Å². The van der Waals surface area contributed by atoms with Gasteiger partial charge in [0.25, 0.3) is 10.0 Å². The van der Waals surface area contributed by atoms with Crippen molar-refractivity contribution in [1.29, 1.82) is 0 Å². The third-order valence-corrected chi connectivity index (χ3v) is 7.17. The molecular weight excluding hydrogens is 488 g/mol. The summed E-state index contributed by atoms with van der Waals surface area (Å²) in [5.41, 5.74) is 1.35. The van der Waals surface area contributed by atoms with Crippen LogP contribution in [-0.4, -0.2) is 35.5 Å². The van der Waals surface area contributed by atoms with Crippen molar-refractivity contribution >= 4 is 43.0 Å². The number of hydrogen-bond donors (Lipinski definition) is 2. The number of aryl methyl sites for hydroxylation is 1. The molecule has 0 saturated carbocycles. The van der Waals surface area contributed by atoms with E-state index in [9.17, 15) is 30.4 Å². The van der Waals surface area contributed by atoms with Crippen LogP contribution in [0.3, 0.4) is 0 Å². The second-order valence-corrected chi connectivity index (χ2v) is 11.0. The van der Waals surface area contributed by atoms with Crippen molar-refractivity contribution < 1.29 is 30.4 Å². The van der Waals surface area contributed by atoms with Crippen LogP contribution in [0.4, 0.5) is 25.8 Å². The number of carbonyl (C=O) groups excluding carboxylic acids is 1. The molecule has 0 aromatic heterocycles. The largest absolute Gasteiger partial charge is 0.325 e. The van der Waals surface area contributed by atoms with Crippen molar-refractivity contribution in [1.82, 2.24) is 0 Å². The summed E-state index contributed by atoms with van der Waals surface area (Å²) in [7, 11) is -7.87. The number of sulfonamides is 2. The predicted molar refractivity (Wildman–Crippen MR) is 126 cm³/mol. The molecular formula is C22H21F2N3O5S2. The molecule has 8 nitrogen and oxygen atoms in total. The highest BCUT2D eigenvalue weighted by atomic mass is 32.2. The number of rotatable bonds is 8. The Balaban J connectivity index is 1.71. The minimum Gasteiger partial charge on any atom is -0.325 e. The van der Waals surface area contributed by atoms with Crippen LogP contribution >= 0.6 is 0 Å². The van der Waals surface area contributed by atoms with Crippen LogP contribution in [0.15, 0.2) is 71.6 Å². The van der Waals surface area contributed by atoms with Gasteiger partial charge in [0.05, 0.1) is 16.8 Å². The van der Waals surface area contributed by atoms with Gasteiger partial charge in [0.15, 0.2) is 11.6 Å². The first-order valence-electron chi connectivity index (χ1n) is 9.77. The summed E-state index contributed by atoms with van der Waals surface area (Å²) in [5.74, 6) is -3.19. The van der Waals surface area contributed by atoms with Gasteiger partial charge in [0.2, 0.25) is 15.9 Å². The minimum atomic E-state index is -4.00. The van der Waals surface area contributed by atoms with Crippen LogP contribution in [0.25, 0.3) is 0 Å². The highest BCUT2D eigenvalue weighted by molar-refractivity contribution is 7.92. The second kappa shape index (κ2) is 9.77.